The van der Waals surface area contributed by atoms with Crippen LogP contribution in [0, 0.1) is 0 Å². The van der Waals surface area contributed by atoms with Crippen LogP contribution in [0.3, 0.4) is 0 Å². The number of hydrogen-bond donors (Lipinski definition) is 3. The zero-order valence-corrected chi connectivity index (χ0v) is 14.6. The number of nitrogens with one attached hydrogen (secondary N) is 3. The van der Waals surface area contributed by atoms with Crippen molar-refractivity contribution in [1.82, 2.24) is 15.4 Å². The van der Waals surface area contributed by atoms with E-state index in [1.54, 1.807) is 12.1 Å². The lowest BCUT2D eigenvalue weighted by Crippen LogP contribution is -2.45. The first-order valence-corrected chi connectivity index (χ1v) is 10.2. The van der Waals surface area contributed by atoms with Crippen LogP contribution in [0.4, 0.5) is 0 Å². The molecule has 0 aromatic heterocycles. The second-order valence-electron chi connectivity index (χ2n) is 6.65. The summed E-state index contributed by atoms with van der Waals surface area (Å²) in [6.45, 7) is 1.74. The number of hydrogen-bond acceptors (Lipinski definition) is 4. The van der Waals surface area contributed by atoms with E-state index >= 15 is 0 Å². The summed E-state index contributed by atoms with van der Waals surface area (Å²) in [6, 6.07) is 6.39. The minimum absolute atomic E-state index is 0.0146. The molecule has 1 heterocycles. The fraction of sp³-hybridized carbons (Fsp3) is 0.588. The summed E-state index contributed by atoms with van der Waals surface area (Å²) in [5.74, 6) is -0.221. The molecular weight excluding hydrogens is 326 g/mol. The monoisotopic (exact) mass is 351 g/mol. The van der Waals surface area contributed by atoms with E-state index < -0.39 is 10.0 Å². The molecule has 0 spiro atoms. The molecule has 1 aromatic rings. The second kappa shape index (κ2) is 7.63. The molecular formula is C17H25N3O3S. The number of carbonyl (C=O) groups is 1. The number of carbonyl (C=O) groups excluding carboxylic acids is 1. The molecule has 0 bridgehead atoms. The standard InChI is InChI=1S/C17H25N3O3S/c21-17(19-15-8-4-10-18-12-15)13-5-3-9-16(11-13)24(22,23)20-14-6-1-2-7-14/h3,5,9,11,14-15,18,20H,1-2,4,6-8,10,12H2,(H,19,21). The summed E-state index contributed by atoms with van der Waals surface area (Å²) < 4.78 is 27.7. The molecule has 3 N–H and O–H groups in total. The number of rotatable bonds is 5. The highest BCUT2D eigenvalue weighted by Crippen LogP contribution is 2.21. The van der Waals surface area contributed by atoms with Crippen molar-refractivity contribution in [2.75, 3.05) is 13.1 Å². The van der Waals surface area contributed by atoms with Gasteiger partial charge in [-0.15, -0.1) is 0 Å². The maximum atomic E-state index is 12.5. The van der Waals surface area contributed by atoms with Crippen LogP contribution in [0.2, 0.25) is 0 Å². The Hall–Kier alpha value is -1.44. The van der Waals surface area contributed by atoms with Gasteiger partial charge in [-0.2, -0.15) is 0 Å². The highest BCUT2D eigenvalue weighted by molar-refractivity contribution is 7.89. The summed E-state index contributed by atoms with van der Waals surface area (Å²) >= 11 is 0. The molecule has 2 fully saturated rings. The van der Waals surface area contributed by atoms with Crippen LogP contribution >= 0.6 is 0 Å². The van der Waals surface area contributed by atoms with Gasteiger partial charge in [0.2, 0.25) is 10.0 Å². The van der Waals surface area contributed by atoms with Crippen LogP contribution < -0.4 is 15.4 Å². The Balaban J connectivity index is 1.69. The molecule has 1 saturated heterocycles. The predicted octanol–water partition coefficient (Wildman–Crippen LogP) is 1.39. The van der Waals surface area contributed by atoms with Gasteiger partial charge in [0.1, 0.15) is 0 Å². The van der Waals surface area contributed by atoms with Crippen molar-refractivity contribution < 1.29 is 13.2 Å². The minimum Gasteiger partial charge on any atom is -0.348 e. The van der Waals surface area contributed by atoms with Crippen LogP contribution in [0.15, 0.2) is 29.2 Å². The van der Waals surface area contributed by atoms with Crippen molar-refractivity contribution in [3.8, 4) is 0 Å². The lowest BCUT2D eigenvalue weighted by atomic mass is 10.1. The zero-order valence-electron chi connectivity index (χ0n) is 13.8. The highest BCUT2D eigenvalue weighted by Gasteiger charge is 2.24. The minimum atomic E-state index is -3.58. The molecule has 3 rings (SSSR count). The van der Waals surface area contributed by atoms with Gasteiger partial charge >= 0.3 is 0 Å². The van der Waals surface area contributed by atoms with E-state index in [4.69, 9.17) is 0 Å². The molecule has 7 heteroatoms. The van der Waals surface area contributed by atoms with Gasteiger partial charge in [-0.25, -0.2) is 13.1 Å². The van der Waals surface area contributed by atoms with E-state index in [-0.39, 0.29) is 22.9 Å². The Morgan fingerprint density at radius 3 is 2.54 bits per heavy atom. The average molecular weight is 351 g/mol. The molecule has 1 aromatic carbocycles. The molecule has 132 valence electrons. The van der Waals surface area contributed by atoms with E-state index in [0.717, 1.165) is 51.6 Å². The Labute approximate surface area is 143 Å². The van der Waals surface area contributed by atoms with Gasteiger partial charge in [0.05, 0.1) is 4.90 Å². The van der Waals surface area contributed by atoms with Crippen molar-refractivity contribution in [3.63, 3.8) is 0 Å². The van der Waals surface area contributed by atoms with E-state index in [9.17, 15) is 13.2 Å². The van der Waals surface area contributed by atoms with Crippen molar-refractivity contribution in [3.05, 3.63) is 29.8 Å². The van der Waals surface area contributed by atoms with Crippen LogP contribution in [0.1, 0.15) is 48.9 Å². The molecule has 24 heavy (non-hydrogen) atoms. The second-order valence-corrected chi connectivity index (χ2v) is 8.36. The van der Waals surface area contributed by atoms with Crippen molar-refractivity contribution in [1.29, 1.82) is 0 Å². The quantitative estimate of drug-likeness (QED) is 0.748. The van der Waals surface area contributed by atoms with Gasteiger partial charge in [-0.3, -0.25) is 4.79 Å². The third kappa shape index (κ3) is 4.34. The molecule has 0 radical (unpaired) electrons. The Bertz CT molecular complexity index is 678. The van der Waals surface area contributed by atoms with Crippen LogP contribution in [0.5, 0.6) is 0 Å². The largest absolute Gasteiger partial charge is 0.348 e. The van der Waals surface area contributed by atoms with Gasteiger partial charge in [-0.05, 0) is 50.4 Å². The number of sulfonamides is 1. The van der Waals surface area contributed by atoms with Gasteiger partial charge in [0, 0.05) is 24.2 Å². The summed E-state index contributed by atoms with van der Waals surface area (Å²) in [6.07, 6.45) is 5.86. The van der Waals surface area contributed by atoms with E-state index in [0.29, 0.717) is 5.56 Å². The first-order chi connectivity index (χ1) is 11.5. The lowest BCUT2D eigenvalue weighted by Gasteiger charge is -2.23. The first-order valence-electron chi connectivity index (χ1n) is 8.68. The van der Waals surface area contributed by atoms with Crippen molar-refractivity contribution in [2.24, 2.45) is 0 Å². The molecule has 6 nitrogen and oxygen atoms in total. The molecule has 1 aliphatic heterocycles. The van der Waals surface area contributed by atoms with E-state index in [1.165, 1.54) is 12.1 Å². The number of piperidine rings is 1. The maximum Gasteiger partial charge on any atom is 0.251 e. The Morgan fingerprint density at radius 2 is 1.83 bits per heavy atom. The van der Waals surface area contributed by atoms with Crippen molar-refractivity contribution >= 4 is 15.9 Å². The molecule has 1 amide bonds. The molecule has 2 aliphatic rings. The third-order valence-electron chi connectivity index (χ3n) is 4.72. The first kappa shape index (κ1) is 17.4. The van der Waals surface area contributed by atoms with E-state index in [1.807, 2.05) is 0 Å². The highest BCUT2D eigenvalue weighted by atomic mass is 32.2. The number of amides is 1. The maximum absolute atomic E-state index is 12.5. The fourth-order valence-corrected chi connectivity index (χ4v) is 4.73. The van der Waals surface area contributed by atoms with Gasteiger partial charge in [0.15, 0.2) is 0 Å². The van der Waals surface area contributed by atoms with Crippen LogP contribution in [0.25, 0.3) is 0 Å². The van der Waals surface area contributed by atoms with E-state index in [2.05, 4.69) is 15.4 Å². The summed E-state index contributed by atoms with van der Waals surface area (Å²) in [7, 11) is -3.58. The predicted molar refractivity (Wildman–Crippen MR) is 92.4 cm³/mol. The van der Waals surface area contributed by atoms with Gasteiger partial charge < -0.3 is 10.6 Å². The Kier molecular flexibility index (Phi) is 5.53. The third-order valence-corrected chi connectivity index (χ3v) is 6.23. The summed E-state index contributed by atoms with van der Waals surface area (Å²) in [5.41, 5.74) is 0.384. The smallest absolute Gasteiger partial charge is 0.251 e. The Morgan fingerprint density at radius 1 is 1.08 bits per heavy atom. The zero-order chi connectivity index (χ0) is 17.0. The van der Waals surface area contributed by atoms with Gasteiger partial charge in [0.25, 0.3) is 5.91 Å². The molecule has 1 atom stereocenters. The summed E-state index contributed by atoms with van der Waals surface area (Å²) in [4.78, 5) is 12.5. The topological polar surface area (TPSA) is 87.3 Å². The lowest BCUT2D eigenvalue weighted by molar-refractivity contribution is 0.0930. The normalized spacial score (nSPS) is 22.4. The summed E-state index contributed by atoms with van der Waals surface area (Å²) in [5, 5.41) is 6.22. The van der Waals surface area contributed by atoms with Gasteiger partial charge in [-0.1, -0.05) is 18.9 Å². The fourth-order valence-electron chi connectivity index (χ4n) is 3.38. The van der Waals surface area contributed by atoms with Crippen LogP contribution in [-0.4, -0.2) is 39.5 Å². The average Bonchev–Trinajstić information content (AvgIpc) is 3.08. The SMILES string of the molecule is O=C(NC1CCCNC1)c1cccc(S(=O)(=O)NC2CCCC2)c1. The van der Waals surface area contributed by atoms with Crippen molar-refractivity contribution in [2.45, 2.75) is 55.5 Å². The molecule has 1 aliphatic carbocycles. The number of benzene rings is 1. The molecule has 1 saturated carbocycles. The molecule has 1 unspecified atom stereocenters. The van der Waals surface area contributed by atoms with Crippen LogP contribution in [-0.2, 0) is 10.0 Å².